The lowest BCUT2D eigenvalue weighted by Crippen LogP contribution is -2.10. The third kappa shape index (κ3) is 4.28. The molecule has 0 aliphatic carbocycles. The Kier molecular flexibility index (Phi) is 6.05. The molecule has 1 aromatic rings. The predicted octanol–water partition coefficient (Wildman–Crippen LogP) is 3.27. The van der Waals surface area contributed by atoms with Crippen molar-refractivity contribution in [1.29, 1.82) is 0 Å². The number of benzene rings is 1. The van der Waals surface area contributed by atoms with E-state index in [1.807, 2.05) is 32.0 Å². The summed E-state index contributed by atoms with van der Waals surface area (Å²) in [6.07, 6.45) is 1.76. The Morgan fingerprint density at radius 1 is 1.17 bits per heavy atom. The van der Waals surface area contributed by atoms with Crippen molar-refractivity contribution in [2.45, 2.75) is 33.6 Å². The summed E-state index contributed by atoms with van der Waals surface area (Å²) < 4.78 is 11.0. The van der Waals surface area contributed by atoms with Gasteiger partial charge in [-0.15, -0.1) is 0 Å². The molecule has 0 heterocycles. The van der Waals surface area contributed by atoms with Gasteiger partial charge in [-0.05, 0) is 32.4 Å². The van der Waals surface area contributed by atoms with Crippen LogP contribution in [0.1, 0.15) is 33.6 Å². The topological polar surface area (TPSA) is 56.8 Å². The van der Waals surface area contributed by atoms with Crippen molar-refractivity contribution in [3.8, 4) is 11.5 Å². The van der Waals surface area contributed by atoms with Gasteiger partial charge in [-0.3, -0.25) is 0 Å². The van der Waals surface area contributed by atoms with Crippen LogP contribution in [0.5, 0.6) is 11.5 Å². The van der Waals surface area contributed by atoms with Gasteiger partial charge >= 0.3 is 0 Å². The quantitative estimate of drug-likeness (QED) is 0.597. The second kappa shape index (κ2) is 7.58. The number of nitrogens with two attached hydrogens (primary N) is 1. The summed E-state index contributed by atoms with van der Waals surface area (Å²) in [6.45, 7) is 7.19. The van der Waals surface area contributed by atoms with Gasteiger partial charge in [0.15, 0.2) is 0 Å². The third-order valence-corrected chi connectivity index (χ3v) is 2.31. The van der Waals surface area contributed by atoms with Crippen molar-refractivity contribution >= 4 is 11.5 Å². The molecule has 0 bridgehead atoms. The lowest BCUT2D eigenvalue weighted by molar-refractivity contribution is 0.331. The van der Waals surface area contributed by atoms with Crippen molar-refractivity contribution in [3.63, 3.8) is 0 Å². The molecular weight excluding hydrogens is 228 g/mol. The van der Waals surface area contributed by atoms with Gasteiger partial charge in [0.1, 0.15) is 17.2 Å². The van der Waals surface area contributed by atoms with Crippen LogP contribution in [0, 0.1) is 0 Å². The van der Waals surface area contributed by atoms with Crippen molar-refractivity contribution in [2.75, 3.05) is 13.2 Å². The van der Waals surface area contributed by atoms with E-state index >= 15 is 0 Å². The second-order valence-electron chi connectivity index (χ2n) is 3.85. The van der Waals surface area contributed by atoms with Crippen LogP contribution in [0.4, 0.5) is 5.69 Å². The van der Waals surface area contributed by atoms with Crippen LogP contribution < -0.4 is 15.2 Å². The van der Waals surface area contributed by atoms with Gasteiger partial charge in [-0.1, -0.05) is 6.92 Å². The lowest BCUT2D eigenvalue weighted by atomic mass is 10.2. The molecule has 0 spiro atoms. The Bertz CT molecular complexity index is 403. The van der Waals surface area contributed by atoms with Gasteiger partial charge in [0.25, 0.3) is 0 Å². The minimum Gasteiger partial charge on any atom is -0.494 e. The van der Waals surface area contributed by atoms with Crippen molar-refractivity contribution in [2.24, 2.45) is 10.7 Å². The first-order valence-corrected chi connectivity index (χ1v) is 6.43. The minimum absolute atomic E-state index is 0.601. The van der Waals surface area contributed by atoms with Crippen LogP contribution in [-0.4, -0.2) is 19.0 Å². The lowest BCUT2D eigenvalue weighted by Gasteiger charge is -2.10. The van der Waals surface area contributed by atoms with Crippen LogP contribution in [0.25, 0.3) is 0 Å². The Hall–Kier alpha value is -1.71. The van der Waals surface area contributed by atoms with Crippen molar-refractivity contribution in [1.82, 2.24) is 0 Å². The number of aliphatic imine (C=N–C) groups is 1. The highest BCUT2D eigenvalue weighted by Crippen LogP contribution is 2.32. The molecule has 4 nitrogen and oxygen atoms in total. The molecule has 0 aromatic heterocycles. The minimum atomic E-state index is 0.601. The molecule has 0 aliphatic rings. The molecule has 0 fully saturated rings. The summed E-state index contributed by atoms with van der Waals surface area (Å²) in [5, 5.41) is 0. The molecule has 0 saturated heterocycles. The van der Waals surface area contributed by atoms with E-state index in [1.165, 1.54) is 0 Å². The fraction of sp³-hybridized carbons (Fsp3) is 0.500. The Morgan fingerprint density at radius 3 is 2.50 bits per heavy atom. The van der Waals surface area contributed by atoms with Gasteiger partial charge in [0, 0.05) is 12.5 Å². The summed E-state index contributed by atoms with van der Waals surface area (Å²) >= 11 is 0. The van der Waals surface area contributed by atoms with Gasteiger partial charge in [-0.25, -0.2) is 4.99 Å². The first kappa shape index (κ1) is 14.4. The average Bonchev–Trinajstić information content (AvgIpc) is 2.33. The van der Waals surface area contributed by atoms with Gasteiger partial charge in [0.2, 0.25) is 0 Å². The van der Waals surface area contributed by atoms with E-state index < -0.39 is 0 Å². The molecule has 0 radical (unpaired) electrons. The molecule has 0 atom stereocenters. The maximum Gasteiger partial charge on any atom is 0.145 e. The van der Waals surface area contributed by atoms with Crippen molar-refractivity contribution in [3.05, 3.63) is 18.2 Å². The monoisotopic (exact) mass is 250 g/mol. The highest BCUT2D eigenvalue weighted by Gasteiger charge is 2.05. The van der Waals surface area contributed by atoms with E-state index in [4.69, 9.17) is 15.2 Å². The number of amidine groups is 1. The molecule has 4 heteroatoms. The van der Waals surface area contributed by atoms with Gasteiger partial charge in [0.05, 0.1) is 19.0 Å². The zero-order chi connectivity index (χ0) is 13.4. The average molecular weight is 250 g/mol. The first-order chi connectivity index (χ1) is 8.71. The van der Waals surface area contributed by atoms with Crippen LogP contribution in [-0.2, 0) is 0 Å². The fourth-order valence-corrected chi connectivity index (χ4v) is 1.59. The first-order valence-electron chi connectivity index (χ1n) is 6.43. The molecule has 18 heavy (non-hydrogen) atoms. The van der Waals surface area contributed by atoms with Crippen LogP contribution in [0.2, 0.25) is 0 Å². The molecular formula is C14H22N2O2. The zero-order valence-electron chi connectivity index (χ0n) is 11.4. The number of nitrogens with zero attached hydrogens (tertiary/aromatic N) is 1. The third-order valence-electron chi connectivity index (χ3n) is 2.31. The van der Waals surface area contributed by atoms with E-state index in [0.29, 0.717) is 19.0 Å². The molecule has 0 amide bonds. The SMILES string of the molecule is CCCC(N)=Nc1cc(OCC)ccc1OCC. The Morgan fingerprint density at radius 2 is 1.89 bits per heavy atom. The predicted molar refractivity (Wildman–Crippen MR) is 75.0 cm³/mol. The largest absolute Gasteiger partial charge is 0.494 e. The molecule has 2 N–H and O–H groups in total. The second-order valence-corrected chi connectivity index (χ2v) is 3.85. The summed E-state index contributed by atoms with van der Waals surface area (Å²) in [7, 11) is 0. The van der Waals surface area contributed by atoms with Crippen molar-refractivity contribution < 1.29 is 9.47 Å². The van der Waals surface area contributed by atoms with E-state index in [9.17, 15) is 0 Å². The maximum atomic E-state index is 5.86. The molecule has 1 rings (SSSR count). The summed E-state index contributed by atoms with van der Waals surface area (Å²) in [6, 6.07) is 5.60. The molecule has 0 aliphatic heterocycles. The summed E-state index contributed by atoms with van der Waals surface area (Å²) in [5.41, 5.74) is 6.59. The zero-order valence-corrected chi connectivity index (χ0v) is 11.4. The number of rotatable bonds is 7. The smallest absolute Gasteiger partial charge is 0.145 e. The van der Waals surface area contributed by atoms with Crippen LogP contribution in [0.15, 0.2) is 23.2 Å². The molecule has 0 unspecified atom stereocenters. The highest BCUT2D eigenvalue weighted by molar-refractivity contribution is 5.84. The standard InChI is InChI=1S/C14H22N2O2/c1-4-7-14(15)16-12-10-11(17-5-2)8-9-13(12)18-6-3/h8-10H,4-7H2,1-3H3,(H2,15,16). The molecule has 100 valence electrons. The normalized spacial score (nSPS) is 11.4. The Balaban J connectivity index is 3.02. The highest BCUT2D eigenvalue weighted by atomic mass is 16.5. The van der Waals surface area contributed by atoms with E-state index in [1.54, 1.807) is 0 Å². The van der Waals surface area contributed by atoms with E-state index in [0.717, 1.165) is 30.0 Å². The van der Waals surface area contributed by atoms with Gasteiger partial charge < -0.3 is 15.2 Å². The summed E-state index contributed by atoms with van der Waals surface area (Å²) in [5.74, 6) is 2.14. The molecule has 0 saturated carbocycles. The fourth-order valence-electron chi connectivity index (χ4n) is 1.59. The maximum absolute atomic E-state index is 5.86. The molecule has 1 aromatic carbocycles. The number of ether oxygens (including phenoxy) is 2. The van der Waals surface area contributed by atoms with E-state index in [-0.39, 0.29) is 0 Å². The van der Waals surface area contributed by atoms with E-state index in [2.05, 4.69) is 11.9 Å². The Labute approximate surface area is 109 Å². The summed E-state index contributed by atoms with van der Waals surface area (Å²) in [4.78, 5) is 4.40. The van der Waals surface area contributed by atoms with Gasteiger partial charge in [-0.2, -0.15) is 0 Å². The number of hydrogen-bond acceptors (Lipinski definition) is 3. The van der Waals surface area contributed by atoms with Crippen LogP contribution >= 0.6 is 0 Å². The van der Waals surface area contributed by atoms with Crippen LogP contribution in [0.3, 0.4) is 0 Å². The number of hydrogen-bond donors (Lipinski definition) is 1.